The van der Waals surface area contributed by atoms with Gasteiger partial charge < -0.3 is 5.32 Å². The lowest BCUT2D eigenvalue weighted by molar-refractivity contribution is -0.121. The highest BCUT2D eigenvalue weighted by Gasteiger charge is 2.52. The zero-order valence-electron chi connectivity index (χ0n) is 14.0. The number of hydrogen-bond acceptors (Lipinski definition) is 3. The molecule has 0 saturated heterocycles. The Morgan fingerprint density at radius 2 is 2.12 bits per heavy atom. The molecule has 2 aromatic rings. The Morgan fingerprint density at radius 1 is 1.33 bits per heavy atom. The van der Waals surface area contributed by atoms with Crippen LogP contribution in [0.15, 0.2) is 29.1 Å². The van der Waals surface area contributed by atoms with Gasteiger partial charge in [0.25, 0.3) is 0 Å². The van der Waals surface area contributed by atoms with E-state index in [-0.39, 0.29) is 17.3 Å². The first-order chi connectivity index (χ1) is 11.6. The Bertz CT molecular complexity index is 851. The summed E-state index contributed by atoms with van der Waals surface area (Å²) in [4.78, 5) is 25.1. The van der Waals surface area contributed by atoms with Gasteiger partial charge in [-0.2, -0.15) is 0 Å². The van der Waals surface area contributed by atoms with E-state index < -0.39 is 0 Å². The van der Waals surface area contributed by atoms with E-state index in [1.807, 2.05) is 13.8 Å². The second kappa shape index (κ2) is 5.88. The Morgan fingerprint density at radius 3 is 2.88 bits per heavy atom. The van der Waals surface area contributed by atoms with Crippen LogP contribution in [0.4, 0.5) is 0 Å². The van der Waals surface area contributed by atoms with Crippen LogP contribution in [-0.4, -0.2) is 17.0 Å². The minimum atomic E-state index is -0.0602. The van der Waals surface area contributed by atoms with E-state index in [0.29, 0.717) is 17.8 Å². The first-order valence-corrected chi connectivity index (χ1v) is 9.39. The highest BCUT2D eigenvalue weighted by atomic mass is 32.1. The quantitative estimate of drug-likeness (QED) is 0.929. The summed E-state index contributed by atoms with van der Waals surface area (Å²) in [5, 5.41) is 3.05. The molecule has 5 heteroatoms. The van der Waals surface area contributed by atoms with Crippen molar-refractivity contribution in [1.29, 1.82) is 0 Å². The zero-order valence-corrected chi connectivity index (χ0v) is 14.9. The number of aryl methyl sites for hydroxylation is 2. The van der Waals surface area contributed by atoms with Gasteiger partial charge in [-0.3, -0.25) is 14.2 Å². The van der Waals surface area contributed by atoms with Crippen molar-refractivity contribution in [3.63, 3.8) is 0 Å². The van der Waals surface area contributed by atoms with Gasteiger partial charge in [-0.15, -0.1) is 0 Å². The van der Waals surface area contributed by atoms with Crippen LogP contribution in [0.5, 0.6) is 0 Å². The van der Waals surface area contributed by atoms with E-state index in [1.54, 1.807) is 4.57 Å². The van der Waals surface area contributed by atoms with Crippen LogP contribution in [0, 0.1) is 25.7 Å². The van der Waals surface area contributed by atoms with Crippen molar-refractivity contribution in [3.05, 3.63) is 55.6 Å². The number of amides is 1. The molecular formula is C19H22N2O2S. The number of benzene rings is 1. The predicted octanol–water partition coefficient (Wildman–Crippen LogP) is 2.62. The van der Waals surface area contributed by atoms with Gasteiger partial charge in [0, 0.05) is 17.1 Å². The zero-order chi connectivity index (χ0) is 16.8. The lowest BCUT2D eigenvalue weighted by Crippen LogP contribution is -2.32. The molecule has 0 spiro atoms. The van der Waals surface area contributed by atoms with E-state index in [4.69, 9.17) is 0 Å². The van der Waals surface area contributed by atoms with Crippen molar-refractivity contribution >= 4 is 17.2 Å². The van der Waals surface area contributed by atoms with Crippen molar-refractivity contribution in [1.82, 2.24) is 9.88 Å². The number of nitrogens with zero attached hydrogens (tertiary/aromatic N) is 1. The number of thiazole rings is 1. The lowest BCUT2D eigenvalue weighted by atomic mass is 9.92. The maximum absolute atomic E-state index is 12.2. The number of hydrogen-bond donors (Lipinski definition) is 1. The molecule has 1 fully saturated rings. The maximum atomic E-state index is 12.2. The van der Waals surface area contributed by atoms with Gasteiger partial charge in [0.05, 0.1) is 0 Å². The molecule has 2 aliphatic carbocycles. The molecule has 1 N–H and O–H groups in total. The molecule has 126 valence electrons. The molecule has 4 nitrogen and oxygen atoms in total. The standard InChI is InChI=1S/C19H22N2O2S/c1-11-12(2)24-19(23)21(11)10-17(22)20-9-16-15-8-7-13-5-3-4-6-14(13)18(15)16/h3-6,15-16,18H,7-10H2,1-2H3,(H,20,22)/t15-,16+,18-/m0/s1. The number of carbonyl (C=O) groups is 1. The summed E-state index contributed by atoms with van der Waals surface area (Å²) in [6.45, 7) is 4.67. The summed E-state index contributed by atoms with van der Waals surface area (Å²) in [5.74, 6) is 1.82. The fourth-order valence-electron chi connectivity index (χ4n) is 4.19. The van der Waals surface area contributed by atoms with E-state index >= 15 is 0 Å². The first kappa shape index (κ1) is 15.6. The highest BCUT2D eigenvalue weighted by molar-refractivity contribution is 7.09. The van der Waals surface area contributed by atoms with Crippen LogP contribution in [0.25, 0.3) is 0 Å². The number of aromatic nitrogens is 1. The molecule has 1 aromatic carbocycles. The molecule has 3 atom stereocenters. The third-order valence-corrected chi connectivity index (χ3v) is 6.70. The van der Waals surface area contributed by atoms with Gasteiger partial charge in [0.15, 0.2) is 0 Å². The van der Waals surface area contributed by atoms with Gasteiger partial charge in [-0.25, -0.2) is 0 Å². The minimum Gasteiger partial charge on any atom is -0.354 e. The van der Waals surface area contributed by atoms with Crippen molar-refractivity contribution < 1.29 is 4.79 Å². The number of carbonyl (C=O) groups excluding carboxylic acids is 1. The van der Waals surface area contributed by atoms with Crippen molar-refractivity contribution in [2.45, 2.75) is 39.2 Å². The van der Waals surface area contributed by atoms with E-state index in [0.717, 1.165) is 23.5 Å². The molecule has 24 heavy (non-hydrogen) atoms. The van der Waals surface area contributed by atoms with Crippen LogP contribution < -0.4 is 10.2 Å². The average Bonchev–Trinajstić information content (AvgIpc) is 3.25. The summed E-state index contributed by atoms with van der Waals surface area (Å²) in [6, 6.07) is 8.70. The van der Waals surface area contributed by atoms with Crippen LogP contribution in [0.3, 0.4) is 0 Å². The molecule has 0 radical (unpaired) electrons. The minimum absolute atomic E-state index is 0.0471. The van der Waals surface area contributed by atoms with Crippen molar-refractivity contribution in [3.8, 4) is 0 Å². The van der Waals surface area contributed by atoms with E-state index in [9.17, 15) is 9.59 Å². The van der Waals surface area contributed by atoms with Gasteiger partial charge in [-0.05, 0) is 55.6 Å². The summed E-state index contributed by atoms with van der Waals surface area (Å²) < 4.78 is 1.57. The largest absolute Gasteiger partial charge is 0.354 e. The molecule has 4 rings (SSSR count). The topological polar surface area (TPSA) is 51.1 Å². The fourth-order valence-corrected chi connectivity index (χ4v) is 5.02. The average molecular weight is 342 g/mol. The van der Waals surface area contributed by atoms with Gasteiger partial charge >= 0.3 is 4.87 Å². The van der Waals surface area contributed by atoms with Crippen LogP contribution in [0.2, 0.25) is 0 Å². The van der Waals surface area contributed by atoms with Crippen molar-refractivity contribution in [2.24, 2.45) is 11.8 Å². The second-order valence-corrected chi connectivity index (χ2v) is 8.16. The SMILES string of the molecule is Cc1sc(=O)n(CC(=O)NC[C@@H]2[C@@H]3CCc4ccccc4[C@H]23)c1C. The number of rotatable bonds is 4. The molecule has 0 aliphatic heterocycles. The fraction of sp³-hybridized carbons (Fsp3) is 0.474. The summed E-state index contributed by atoms with van der Waals surface area (Å²) in [6.07, 6.45) is 2.38. The Kier molecular flexibility index (Phi) is 3.83. The Balaban J connectivity index is 1.37. The predicted molar refractivity (Wildman–Crippen MR) is 95.5 cm³/mol. The summed E-state index contributed by atoms with van der Waals surface area (Å²) in [5.41, 5.74) is 3.85. The van der Waals surface area contributed by atoms with E-state index in [1.165, 1.54) is 28.9 Å². The van der Waals surface area contributed by atoms with Crippen molar-refractivity contribution in [2.75, 3.05) is 6.54 Å². The van der Waals surface area contributed by atoms with E-state index in [2.05, 4.69) is 29.6 Å². The second-order valence-electron chi connectivity index (χ2n) is 6.99. The highest BCUT2D eigenvalue weighted by Crippen LogP contribution is 2.59. The lowest BCUT2D eigenvalue weighted by Gasteiger charge is -2.13. The van der Waals surface area contributed by atoms with Crippen LogP contribution in [-0.2, 0) is 17.8 Å². The monoisotopic (exact) mass is 342 g/mol. The molecule has 2 aliphatic rings. The Labute approximate surface area is 145 Å². The maximum Gasteiger partial charge on any atom is 0.308 e. The Hall–Kier alpha value is -1.88. The smallest absolute Gasteiger partial charge is 0.308 e. The molecule has 1 aromatic heterocycles. The third-order valence-electron chi connectivity index (χ3n) is 5.70. The van der Waals surface area contributed by atoms with Gasteiger partial charge in [0.2, 0.25) is 5.91 Å². The van der Waals surface area contributed by atoms with Gasteiger partial charge in [0.1, 0.15) is 6.54 Å². The third kappa shape index (κ3) is 2.61. The first-order valence-electron chi connectivity index (χ1n) is 8.57. The molecule has 1 amide bonds. The molecular weight excluding hydrogens is 320 g/mol. The van der Waals surface area contributed by atoms with Crippen LogP contribution in [0.1, 0.15) is 34.0 Å². The molecule has 0 unspecified atom stereocenters. The summed E-state index contributed by atoms with van der Waals surface area (Å²) in [7, 11) is 0. The van der Waals surface area contributed by atoms with Gasteiger partial charge in [-0.1, -0.05) is 35.6 Å². The van der Waals surface area contributed by atoms with Crippen LogP contribution >= 0.6 is 11.3 Å². The summed E-state index contributed by atoms with van der Waals surface area (Å²) >= 11 is 1.21. The number of nitrogens with one attached hydrogen (secondary N) is 1. The molecule has 1 heterocycles. The molecule has 1 saturated carbocycles. The molecule has 0 bridgehead atoms. The normalized spacial score (nSPS) is 24.2. The number of fused-ring (bicyclic) bond motifs is 3.